The van der Waals surface area contributed by atoms with Crippen LogP contribution in [-0.4, -0.2) is 24.9 Å². The van der Waals surface area contributed by atoms with Crippen LogP contribution in [0.1, 0.15) is 22.5 Å². The lowest BCUT2D eigenvalue weighted by atomic mass is 9.75. The molecule has 1 aromatic heterocycles. The van der Waals surface area contributed by atoms with Crippen molar-refractivity contribution in [3.05, 3.63) is 93.3 Å². The lowest BCUT2D eigenvalue weighted by molar-refractivity contribution is 0.286. The van der Waals surface area contributed by atoms with E-state index in [-0.39, 0.29) is 5.43 Å². The fourth-order valence-corrected chi connectivity index (χ4v) is 4.17. The van der Waals surface area contributed by atoms with E-state index in [1.165, 1.54) is 0 Å². The van der Waals surface area contributed by atoms with Gasteiger partial charge in [-0.1, -0.05) is 42.0 Å². The number of fused-ring (bicyclic) bond motifs is 2. The molecule has 0 saturated carbocycles. The van der Waals surface area contributed by atoms with Gasteiger partial charge in [0.1, 0.15) is 11.3 Å². The van der Waals surface area contributed by atoms with Gasteiger partial charge in [0, 0.05) is 35.2 Å². The molecule has 0 fully saturated rings. The van der Waals surface area contributed by atoms with Gasteiger partial charge in [-0.15, -0.1) is 5.16 Å². The maximum atomic E-state index is 12.8. The lowest BCUT2D eigenvalue weighted by Crippen LogP contribution is -2.37. The van der Waals surface area contributed by atoms with Gasteiger partial charge in [-0.25, -0.2) is 0 Å². The van der Waals surface area contributed by atoms with Gasteiger partial charge in [0.05, 0.1) is 11.6 Å². The maximum Gasteiger partial charge on any atom is 0.583 e. The normalized spacial score (nSPS) is 12.5. The van der Waals surface area contributed by atoms with Crippen LogP contribution in [0.3, 0.4) is 0 Å². The number of rotatable bonds is 5. The van der Waals surface area contributed by atoms with Crippen LogP contribution in [0.5, 0.6) is 0 Å². The minimum atomic E-state index is -1.05. The zero-order valence-corrected chi connectivity index (χ0v) is 18.5. The van der Waals surface area contributed by atoms with Crippen molar-refractivity contribution in [1.82, 2.24) is 0 Å². The van der Waals surface area contributed by atoms with E-state index in [4.69, 9.17) is 9.17 Å². The molecule has 0 aliphatic carbocycles. The fraction of sp³-hybridized carbons (Fsp3) is 0.154. The zero-order chi connectivity index (χ0) is 22.9. The van der Waals surface area contributed by atoms with Gasteiger partial charge in [0.2, 0.25) is 0 Å². The third-order valence-corrected chi connectivity index (χ3v) is 5.98. The Hall–Kier alpha value is -3.84. The Balaban J connectivity index is 1.38. The molecule has 0 saturated heterocycles. The Bertz CT molecular complexity index is 1440. The zero-order valence-electron chi connectivity index (χ0n) is 18.5. The predicted octanol–water partition coefficient (Wildman–Crippen LogP) is 3.78. The number of nitrogens with one attached hydrogen (secondary N) is 1. The largest absolute Gasteiger partial charge is 0.583 e. The summed E-state index contributed by atoms with van der Waals surface area (Å²) in [6, 6.07) is 19.5. The molecule has 33 heavy (non-hydrogen) atoms. The number of nitrogens with zero attached hydrogens (tertiary/aromatic N) is 1. The van der Waals surface area contributed by atoms with Gasteiger partial charge in [0.25, 0.3) is 0 Å². The summed E-state index contributed by atoms with van der Waals surface area (Å²) in [5.74, 6) is 0.695. The van der Waals surface area contributed by atoms with Crippen LogP contribution in [-0.2, 0) is 11.2 Å². The van der Waals surface area contributed by atoms with Gasteiger partial charge >= 0.3 is 7.12 Å². The van der Waals surface area contributed by atoms with Crippen LogP contribution < -0.4 is 16.2 Å². The van der Waals surface area contributed by atoms with E-state index < -0.39 is 7.12 Å². The highest BCUT2D eigenvalue weighted by Gasteiger charge is 2.25. The van der Waals surface area contributed by atoms with Crippen molar-refractivity contribution in [2.75, 3.05) is 11.9 Å². The third kappa shape index (κ3) is 4.03. The molecule has 0 atom stereocenters. The average molecular weight is 438 g/mol. The molecule has 0 radical (unpaired) electrons. The van der Waals surface area contributed by atoms with Gasteiger partial charge in [-0.2, -0.15) is 0 Å². The van der Waals surface area contributed by atoms with Crippen molar-refractivity contribution >= 4 is 35.5 Å². The second-order valence-electron chi connectivity index (χ2n) is 8.24. The summed E-state index contributed by atoms with van der Waals surface area (Å²) in [5.41, 5.74) is 6.85. The Labute approximate surface area is 191 Å². The first-order valence-corrected chi connectivity index (χ1v) is 10.9. The molecule has 7 heteroatoms. The first-order chi connectivity index (χ1) is 16.0. The minimum Gasteiger partial charge on any atom is -0.460 e. The van der Waals surface area contributed by atoms with Crippen LogP contribution >= 0.6 is 0 Å². The van der Waals surface area contributed by atoms with Crippen LogP contribution in [0.4, 0.5) is 5.69 Å². The molecule has 0 amide bonds. The lowest BCUT2D eigenvalue weighted by Gasteiger charge is -2.16. The number of hydrogen-bond donors (Lipinski definition) is 2. The number of hydrogen-bond acceptors (Lipinski definition) is 6. The van der Waals surface area contributed by atoms with Gasteiger partial charge in [-0.05, 0) is 49.2 Å². The molecule has 0 bridgehead atoms. The molecule has 3 aromatic carbocycles. The van der Waals surface area contributed by atoms with E-state index in [9.17, 15) is 9.82 Å². The van der Waals surface area contributed by atoms with E-state index in [0.717, 1.165) is 27.9 Å². The van der Waals surface area contributed by atoms with Crippen molar-refractivity contribution in [2.24, 2.45) is 5.16 Å². The summed E-state index contributed by atoms with van der Waals surface area (Å²) in [4.78, 5) is 12.8. The molecule has 2 N–H and O–H groups in total. The number of para-hydroxylation sites is 1. The smallest absolute Gasteiger partial charge is 0.460 e. The summed E-state index contributed by atoms with van der Waals surface area (Å²) in [6.45, 7) is 4.40. The third-order valence-electron chi connectivity index (χ3n) is 5.98. The standard InChI is InChI=1S/C26H23BN2O4/c1-16-7-10-25-21(13-16)26(30)17(2)24(32-25)11-12-28-23-6-4-3-5-20(23)18-8-9-22-19(14-18)15-29-33-27(22)31/h3-10,13-15,28,31H,11-12H2,1-2H3. The Morgan fingerprint density at radius 1 is 1.06 bits per heavy atom. The number of oxime groups is 1. The molecular weight excluding hydrogens is 415 g/mol. The van der Waals surface area contributed by atoms with Crippen molar-refractivity contribution in [2.45, 2.75) is 20.3 Å². The van der Waals surface area contributed by atoms with Crippen molar-refractivity contribution in [1.29, 1.82) is 0 Å². The molecule has 0 spiro atoms. The van der Waals surface area contributed by atoms with Crippen molar-refractivity contribution < 1.29 is 14.2 Å². The molecular formula is C26H23BN2O4. The molecule has 5 rings (SSSR count). The van der Waals surface area contributed by atoms with Crippen LogP contribution in [0.15, 0.2) is 75.0 Å². The Kier molecular flexibility index (Phi) is 5.48. The highest BCUT2D eigenvalue weighted by Crippen LogP contribution is 2.28. The molecule has 164 valence electrons. The molecule has 1 aliphatic rings. The summed E-state index contributed by atoms with van der Waals surface area (Å²) in [6.07, 6.45) is 2.19. The second-order valence-corrected chi connectivity index (χ2v) is 8.24. The van der Waals surface area contributed by atoms with E-state index in [0.29, 0.717) is 40.7 Å². The minimum absolute atomic E-state index is 0.0252. The highest BCUT2D eigenvalue weighted by atomic mass is 16.6. The van der Waals surface area contributed by atoms with Gasteiger partial charge < -0.3 is 19.5 Å². The van der Waals surface area contributed by atoms with Gasteiger partial charge in [-0.3, -0.25) is 4.79 Å². The first kappa shape index (κ1) is 21.0. The molecule has 0 unspecified atom stereocenters. The number of benzene rings is 3. The van der Waals surface area contributed by atoms with E-state index in [2.05, 4.69) is 10.5 Å². The molecule has 6 nitrogen and oxygen atoms in total. The fourth-order valence-electron chi connectivity index (χ4n) is 4.17. The summed E-state index contributed by atoms with van der Waals surface area (Å²) in [5, 5.41) is 17.8. The monoisotopic (exact) mass is 438 g/mol. The SMILES string of the molecule is Cc1ccc2oc(CCNc3ccccc3-c3ccc4c(c3)C=NOB4O)c(C)c(=O)c2c1. The Morgan fingerprint density at radius 2 is 1.91 bits per heavy atom. The van der Waals surface area contributed by atoms with E-state index in [1.54, 1.807) is 6.21 Å². The molecule has 2 heterocycles. The number of anilines is 1. The summed E-state index contributed by atoms with van der Waals surface area (Å²) < 4.78 is 11.0. The first-order valence-electron chi connectivity index (χ1n) is 10.9. The topological polar surface area (TPSA) is 84.1 Å². The maximum absolute atomic E-state index is 12.8. The molecule has 4 aromatic rings. The average Bonchev–Trinajstić information content (AvgIpc) is 2.83. The van der Waals surface area contributed by atoms with E-state index in [1.807, 2.05) is 74.5 Å². The summed E-state index contributed by atoms with van der Waals surface area (Å²) >= 11 is 0. The second kappa shape index (κ2) is 8.60. The molecule has 1 aliphatic heterocycles. The van der Waals surface area contributed by atoms with Crippen molar-refractivity contribution in [3.8, 4) is 11.1 Å². The van der Waals surface area contributed by atoms with Gasteiger partial charge in [0.15, 0.2) is 5.43 Å². The van der Waals surface area contributed by atoms with Crippen molar-refractivity contribution in [3.63, 3.8) is 0 Å². The summed E-state index contributed by atoms with van der Waals surface area (Å²) in [7, 11) is -1.05. The predicted molar refractivity (Wildman–Crippen MR) is 132 cm³/mol. The highest BCUT2D eigenvalue weighted by molar-refractivity contribution is 6.62. The van der Waals surface area contributed by atoms with Crippen LogP contribution in [0.2, 0.25) is 0 Å². The van der Waals surface area contributed by atoms with E-state index >= 15 is 0 Å². The quantitative estimate of drug-likeness (QED) is 0.464. The van der Waals surface area contributed by atoms with Crippen LogP contribution in [0.25, 0.3) is 22.1 Å². The van der Waals surface area contributed by atoms with Crippen LogP contribution in [0, 0.1) is 13.8 Å². The Morgan fingerprint density at radius 3 is 2.79 bits per heavy atom. The number of aryl methyl sites for hydroxylation is 1.